The predicted octanol–water partition coefficient (Wildman–Crippen LogP) is 3.90. The Bertz CT molecular complexity index is 859. The van der Waals surface area contributed by atoms with E-state index in [1.54, 1.807) is 12.1 Å². The van der Waals surface area contributed by atoms with Gasteiger partial charge in [0.2, 0.25) is 0 Å². The number of nitrogens with zero attached hydrogens (tertiary/aromatic N) is 2. The summed E-state index contributed by atoms with van der Waals surface area (Å²) in [5, 5.41) is 0. The molecule has 0 radical (unpaired) electrons. The molecule has 10 heteroatoms. The smallest absolute Gasteiger partial charge is 0.416 e. The minimum absolute atomic E-state index is 0.0382. The molecule has 168 valence electrons. The lowest BCUT2D eigenvalue weighted by Gasteiger charge is -2.25. The van der Waals surface area contributed by atoms with E-state index in [0.717, 1.165) is 12.1 Å². The molecule has 31 heavy (non-hydrogen) atoms. The lowest BCUT2D eigenvalue weighted by atomic mass is 10.2. The van der Waals surface area contributed by atoms with Crippen molar-refractivity contribution in [1.82, 2.24) is 4.98 Å². The van der Waals surface area contributed by atoms with Crippen LogP contribution in [0.25, 0.3) is 0 Å². The molecule has 0 amide bonds. The normalized spacial score (nSPS) is 18.8. The lowest BCUT2D eigenvalue weighted by molar-refractivity contribution is -0.137. The third kappa shape index (κ3) is 5.84. The summed E-state index contributed by atoms with van der Waals surface area (Å²) in [7, 11) is 1.28. The van der Waals surface area contributed by atoms with Crippen molar-refractivity contribution >= 4 is 11.8 Å². The number of hydrogen-bond donors (Lipinski definition) is 0. The first kappa shape index (κ1) is 22.8. The van der Waals surface area contributed by atoms with E-state index < -0.39 is 24.4 Å². The quantitative estimate of drug-likeness (QED) is 0.351. The van der Waals surface area contributed by atoms with Gasteiger partial charge in [0.1, 0.15) is 24.3 Å². The van der Waals surface area contributed by atoms with E-state index in [0.29, 0.717) is 30.1 Å². The second kappa shape index (κ2) is 9.95. The third-order valence-electron chi connectivity index (χ3n) is 4.86. The summed E-state index contributed by atoms with van der Waals surface area (Å²) in [5.41, 5.74) is -0.450. The molecule has 1 aromatic heterocycles. The van der Waals surface area contributed by atoms with Gasteiger partial charge in [0.15, 0.2) is 0 Å². The van der Waals surface area contributed by atoms with Gasteiger partial charge >= 0.3 is 12.1 Å². The second-order valence-electron chi connectivity index (χ2n) is 6.96. The number of anilines is 1. The van der Waals surface area contributed by atoms with Crippen molar-refractivity contribution in [2.24, 2.45) is 0 Å². The van der Waals surface area contributed by atoms with Crippen LogP contribution in [0.2, 0.25) is 0 Å². The molecule has 1 fully saturated rings. The van der Waals surface area contributed by atoms with Crippen LogP contribution in [-0.4, -0.2) is 56.6 Å². The van der Waals surface area contributed by atoms with E-state index in [2.05, 4.69) is 9.72 Å². The minimum atomic E-state index is -4.41. The second-order valence-corrected chi connectivity index (χ2v) is 6.96. The van der Waals surface area contributed by atoms with Crippen LogP contribution in [-0.2, 0) is 15.7 Å². The number of esters is 1. The molecule has 0 N–H and O–H groups in total. The highest BCUT2D eigenvalue weighted by Gasteiger charge is 2.35. The molecule has 0 spiro atoms. The maximum absolute atomic E-state index is 12.7. The van der Waals surface area contributed by atoms with E-state index in [4.69, 9.17) is 9.47 Å². The van der Waals surface area contributed by atoms with Crippen molar-refractivity contribution in [2.75, 3.05) is 38.4 Å². The molecule has 1 aliphatic heterocycles. The minimum Gasteiger partial charge on any atom is -0.489 e. The van der Waals surface area contributed by atoms with Gasteiger partial charge in [0, 0.05) is 12.6 Å². The maximum atomic E-state index is 12.7. The molecule has 2 heterocycles. The third-order valence-corrected chi connectivity index (χ3v) is 4.86. The van der Waals surface area contributed by atoms with Gasteiger partial charge in [-0.15, -0.1) is 0 Å². The Morgan fingerprint density at radius 1 is 1.19 bits per heavy atom. The standard InChI is InChI=1S/C21H22F4N2O4/c1-29-20(28)14-2-7-19(26-11-14)27-12-18(10-16(27)13-30-9-8-22)31-17-5-3-15(4-6-17)21(23,24)25/h2-7,11,16,18H,8-10,12-13H2,1H3/t16-,18+/m0/s1. The van der Waals surface area contributed by atoms with Crippen molar-refractivity contribution in [3.63, 3.8) is 0 Å². The molecule has 1 aliphatic rings. The van der Waals surface area contributed by atoms with E-state index in [-0.39, 0.29) is 25.4 Å². The molecule has 0 bridgehead atoms. The van der Waals surface area contributed by atoms with Gasteiger partial charge in [0.25, 0.3) is 0 Å². The number of rotatable bonds is 8. The molecule has 6 nitrogen and oxygen atoms in total. The SMILES string of the molecule is COC(=O)c1ccc(N2C[C@H](Oc3ccc(C(F)(F)F)cc3)C[C@H]2COCCF)nc1. The fraction of sp³-hybridized carbons (Fsp3) is 0.429. The molecular formula is C21H22F4N2O4. The Balaban J connectivity index is 1.71. The zero-order chi connectivity index (χ0) is 22.4. The van der Waals surface area contributed by atoms with E-state index in [9.17, 15) is 22.4 Å². The van der Waals surface area contributed by atoms with Gasteiger partial charge in [-0.2, -0.15) is 13.2 Å². The Morgan fingerprint density at radius 3 is 2.52 bits per heavy atom. The summed E-state index contributed by atoms with van der Waals surface area (Å²) >= 11 is 0. The summed E-state index contributed by atoms with van der Waals surface area (Å²) in [6.45, 7) is -0.0137. The van der Waals surface area contributed by atoms with Crippen molar-refractivity contribution in [3.05, 3.63) is 53.7 Å². The summed E-state index contributed by atoms with van der Waals surface area (Å²) in [6, 6.07) is 7.57. The van der Waals surface area contributed by atoms with Crippen molar-refractivity contribution < 1.29 is 36.6 Å². The lowest BCUT2D eigenvalue weighted by Crippen LogP contribution is -2.34. The molecule has 1 aromatic carbocycles. The van der Waals surface area contributed by atoms with E-state index in [1.807, 2.05) is 4.90 Å². The van der Waals surface area contributed by atoms with Crippen molar-refractivity contribution in [3.8, 4) is 5.75 Å². The molecular weight excluding hydrogens is 420 g/mol. The van der Waals surface area contributed by atoms with Crippen LogP contribution in [0.3, 0.4) is 0 Å². The van der Waals surface area contributed by atoms with Crippen LogP contribution in [0.1, 0.15) is 22.3 Å². The summed E-state index contributed by atoms with van der Waals surface area (Å²) in [5.74, 6) is 0.379. The fourth-order valence-electron chi connectivity index (χ4n) is 3.38. The molecule has 3 rings (SSSR count). The number of halogens is 4. The highest BCUT2D eigenvalue weighted by atomic mass is 19.4. The first-order valence-corrected chi connectivity index (χ1v) is 9.60. The Hall–Kier alpha value is -2.88. The number of aromatic nitrogens is 1. The molecule has 0 unspecified atom stereocenters. The largest absolute Gasteiger partial charge is 0.489 e. The van der Waals surface area contributed by atoms with E-state index >= 15 is 0 Å². The highest BCUT2D eigenvalue weighted by Crippen LogP contribution is 2.32. The first-order valence-electron chi connectivity index (χ1n) is 9.60. The zero-order valence-corrected chi connectivity index (χ0v) is 16.8. The van der Waals surface area contributed by atoms with Crippen LogP contribution in [0, 0.1) is 0 Å². The van der Waals surface area contributed by atoms with Crippen molar-refractivity contribution in [1.29, 1.82) is 0 Å². The Morgan fingerprint density at radius 2 is 1.94 bits per heavy atom. The van der Waals surface area contributed by atoms with Crippen molar-refractivity contribution in [2.45, 2.75) is 24.7 Å². The topological polar surface area (TPSA) is 60.9 Å². The molecule has 2 atom stereocenters. The number of carbonyl (C=O) groups excluding carboxylic acids is 1. The highest BCUT2D eigenvalue weighted by molar-refractivity contribution is 5.89. The van der Waals surface area contributed by atoms with Gasteiger partial charge in [-0.05, 0) is 36.4 Å². The summed E-state index contributed by atoms with van der Waals surface area (Å²) < 4.78 is 66.5. The van der Waals surface area contributed by atoms with Gasteiger partial charge < -0.3 is 19.1 Å². The van der Waals surface area contributed by atoms with E-state index in [1.165, 1.54) is 25.4 Å². The van der Waals surface area contributed by atoms with Crippen LogP contribution < -0.4 is 9.64 Å². The van der Waals surface area contributed by atoms with Gasteiger partial charge in [-0.25, -0.2) is 14.2 Å². The summed E-state index contributed by atoms with van der Waals surface area (Å²) in [6.07, 6.45) is -2.85. The Labute approximate surface area is 176 Å². The number of pyridine rings is 1. The molecule has 1 saturated heterocycles. The number of carbonyl (C=O) groups is 1. The molecule has 0 saturated carbocycles. The van der Waals surface area contributed by atoms with Gasteiger partial charge in [-0.1, -0.05) is 0 Å². The van der Waals surface area contributed by atoms with Crippen LogP contribution in [0.4, 0.5) is 23.4 Å². The van der Waals surface area contributed by atoms with Crippen LogP contribution >= 0.6 is 0 Å². The predicted molar refractivity (Wildman–Crippen MR) is 104 cm³/mol. The maximum Gasteiger partial charge on any atom is 0.416 e. The van der Waals surface area contributed by atoms with Gasteiger partial charge in [-0.3, -0.25) is 0 Å². The Kier molecular flexibility index (Phi) is 7.32. The average Bonchev–Trinajstić information content (AvgIpc) is 3.15. The first-order chi connectivity index (χ1) is 14.8. The molecule has 2 aromatic rings. The fourth-order valence-corrected chi connectivity index (χ4v) is 3.38. The monoisotopic (exact) mass is 442 g/mol. The molecule has 0 aliphatic carbocycles. The van der Waals surface area contributed by atoms with Crippen LogP contribution in [0.15, 0.2) is 42.6 Å². The number of methoxy groups -OCH3 is 1. The number of benzene rings is 1. The number of ether oxygens (including phenoxy) is 3. The summed E-state index contributed by atoms with van der Waals surface area (Å²) in [4.78, 5) is 17.8. The average molecular weight is 442 g/mol. The van der Waals surface area contributed by atoms with Gasteiger partial charge in [0.05, 0.1) is 44.0 Å². The number of alkyl halides is 4. The zero-order valence-electron chi connectivity index (χ0n) is 16.8. The number of hydrogen-bond acceptors (Lipinski definition) is 6. The van der Waals surface area contributed by atoms with Crippen LogP contribution in [0.5, 0.6) is 5.75 Å².